The van der Waals surface area contributed by atoms with E-state index >= 15 is 0 Å². The molecule has 0 saturated heterocycles. The monoisotopic (exact) mass is 238 g/mol. The van der Waals surface area contributed by atoms with Gasteiger partial charge in [-0.3, -0.25) is 0 Å². The maximum atomic E-state index is 5.75. The number of ether oxygens (including phenoxy) is 1. The van der Waals surface area contributed by atoms with Crippen LogP contribution in [0.15, 0.2) is 12.4 Å². The Morgan fingerprint density at radius 1 is 1.41 bits per heavy atom. The molecule has 0 aliphatic rings. The SMILES string of the molecule is CCCOc1cc(NC(C)CC(C)N)ncn1. The molecule has 5 nitrogen and oxygen atoms in total. The van der Waals surface area contributed by atoms with Gasteiger partial charge in [-0.05, 0) is 26.7 Å². The van der Waals surface area contributed by atoms with Crippen LogP contribution in [0.3, 0.4) is 0 Å². The van der Waals surface area contributed by atoms with Crippen molar-refractivity contribution >= 4 is 5.82 Å². The summed E-state index contributed by atoms with van der Waals surface area (Å²) in [4.78, 5) is 8.20. The Hall–Kier alpha value is -1.36. The minimum Gasteiger partial charge on any atom is -0.478 e. The highest BCUT2D eigenvalue weighted by Crippen LogP contribution is 2.13. The van der Waals surface area contributed by atoms with Crippen LogP contribution in [0, 0.1) is 0 Å². The third-order valence-electron chi connectivity index (χ3n) is 2.22. The molecule has 3 N–H and O–H groups in total. The van der Waals surface area contributed by atoms with Gasteiger partial charge in [-0.25, -0.2) is 9.97 Å². The van der Waals surface area contributed by atoms with E-state index in [9.17, 15) is 0 Å². The summed E-state index contributed by atoms with van der Waals surface area (Å²) in [5, 5.41) is 3.28. The molecule has 1 rings (SSSR count). The van der Waals surface area contributed by atoms with Crippen molar-refractivity contribution in [2.45, 2.75) is 45.7 Å². The predicted molar refractivity (Wildman–Crippen MR) is 69.2 cm³/mol. The fraction of sp³-hybridized carbons (Fsp3) is 0.667. The van der Waals surface area contributed by atoms with Gasteiger partial charge in [-0.2, -0.15) is 0 Å². The normalized spacial score (nSPS) is 14.1. The van der Waals surface area contributed by atoms with Crippen LogP contribution in [0.1, 0.15) is 33.6 Å². The van der Waals surface area contributed by atoms with Gasteiger partial charge >= 0.3 is 0 Å². The van der Waals surface area contributed by atoms with Gasteiger partial charge in [0.2, 0.25) is 5.88 Å². The highest BCUT2D eigenvalue weighted by molar-refractivity contribution is 5.37. The van der Waals surface area contributed by atoms with E-state index in [1.54, 1.807) is 0 Å². The molecule has 0 radical (unpaired) electrons. The van der Waals surface area contributed by atoms with Crippen molar-refractivity contribution in [3.63, 3.8) is 0 Å². The molecule has 0 spiro atoms. The zero-order valence-corrected chi connectivity index (χ0v) is 10.8. The van der Waals surface area contributed by atoms with E-state index in [-0.39, 0.29) is 12.1 Å². The molecular weight excluding hydrogens is 216 g/mol. The third-order valence-corrected chi connectivity index (χ3v) is 2.22. The Balaban J connectivity index is 2.52. The zero-order chi connectivity index (χ0) is 12.7. The van der Waals surface area contributed by atoms with Crippen LogP contribution in [0.5, 0.6) is 5.88 Å². The molecule has 2 unspecified atom stereocenters. The van der Waals surface area contributed by atoms with Crippen LogP contribution in [0.4, 0.5) is 5.82 Å². The Morgan fingerprint density at radius 2 is 2.18 bits per heavy atom. The molecule has 0 fully saturated rings. The van der Waals surface area contributed by atoms with Crippen molar-refractivity contribution in [3.8, 4) is 5.88 Å². The second kappa shape index (κ2) is 7.06. The van der Waals surface area contributed by atoms with Gasteiger partial charge < -0.3 is 15.8 Å². The van der Waals surface area contributed by atoms with Gasteiger partial charge in [-0.15, -0.1) is 0 Å². The summed E-state index contributed by atoms with van der Waals surface area (Å²) in [6.07, 6.45) is 3.37. The van der Waals surface area contributed by atoms with Gasteiger partial charge in [0.25, 0.3) is 0 Å². The number of rotatable bonds is 7. The highest BCUT2D eigenvalue weighted by atomic mass is 16.5. The third kappa shape index (κ3) is 5.49. The smallest absolute Gasteiger partial charge is 0.218 e. The molecule has 0 saturated carbocycles. The molecule has 0 bridgehead atoms. The van der Waals surface area contributed by atoms with Gasteiger partial charge in [-0.1, -0.05) is 6.92 Å². The first-order chi connectivity index (χ1) is 8.11. The van der Waals surface area contributed by atoms with Gasteiger partial charge in [0.15, 0.2) is 0 Å². The molecule has 17 heavy (non-hydrogen) atoms. The van der Waals surface area contributed by atoms with Crippen molar-refractivity contribution in [2.24, 2.45) is 5.73 Å². The summed E-state index contributed by atoms with van der Waals surface area (Å²) in [5.41, 5.74) is 5.75. The van der Waals surface area contributed by atoms with Crippen LogP contribution >= 0.6 is 0 Å². The fourth-order valence-corrected chi connectivity index (χ4v) is 1.57. The molecule has 0 amide bonds. The maximum Gasteiger partial charge on any atom is 0.218 e. The number of hydrogen-bond donors (Lipinski definition) is 2. The lowest BCUT2D eigenvalue weighted by atomic mass is 10.1. The summed E-state index contributed by atoms with van der Waals surface area (Å²) >= 11 is 0. The van der Waals surface area contributed by atoms with E-state index < -0.39 is 0 Å². The standard InChI is InChI=1S/C12H22N4O/c1-4-5-17-12-7-11(14-8-15-12)16-10(3)6-9(2)13/h7-10H,4-6,13H2,1-3H3,(H,14,15,16). The molecular formula is C12H22N4O. The summed E-state index contributed by atoms with van der Waals surface area (Å²) < 4.78 is 5.44. The summed E-state index contributed by atoms with van der Waals surface area (Å²) in [6, 6.07) is 2.27. The zero-order valence-electron chi connectivity index (χ0n) is 10.8. The minimum absolute atomic E-state index is 0.176. The first-order valence-corrected chi connectivity index (χ1v) is 6.08. The molecule has 0 aliphatic heterocycles. The number of nitrogens with two attached hydrogens (primary N) is 1. The number of hydrogen-bond acceptors (Lipinski definition) is 5. The van der Waals surface area contributed by atoms with Crippen molar-refractivity contribution in [3.05, 3.63) is 12.4 Å². The van der Waals surface area contributed by atoms with Gasteiger partial charge in [0.1, 0.15) is 12.1 Å². The topological polar surface area (TPSA) is 73.1 Å². The van der Waals surface area contributed by atoms with Crippen LogP contribution in [0.2, 0.25) is 0 Å². The Labute approximate surface area is 103 Å². The molecule has 1 aromatic heterocycles. The van der Waals surface area contributed by atoms with Crippen LogP contribution < -0.4 is 15.8 Å². The van der Waals surface area contributed by atoms with E-state index in [0.29, 0.717) is 12.5 Å². The number of nitrogens with one attached hydrogen (secondary N) is 1. The maximum absolute atomic E-state index is 5.75. The molecule has 1 aromatic rings. The van der Waals surface area contributed by atoms with E-state index in [1.165, 1.54) is 6.33 Å². The van der Waals surface area contributed by atoms with Crippen molar-refractivity contribution < 1.29 is 4.74 Å². The summed E-state index contributed by atoms with van der Waals surface area (Å²) in [7, 11) is 0. The lowest BCUT2D eigenvalue weighted by molar-refractivity contribution is 0.305. The predicted octanol–water partition coefficient (Wildman–Crippen LogP) is 1.80. The van der Waals surface area contributed by atoms with Crippen LogP contribution in [-0.2, 0) is 0 Å². The average Bonchev–Trinajstić information content (AvgIpc) is 2.25. The van der Waals surface area contributed by atoms with E-state index in [0.717, 1.165) is 18.7 Å². The van der Waals surface area contributed by atoms with Gasteiger partial charge in [0, 0.05) is 18.2 Å². The number of aromatic nitrogens is 2. The first-order valence-electron chi connectivity index (χ1n) is 6.08. The fourth-order valence-electron chi connectivity index (χ4n) is 1.57. The van der Waals surface area contributed by atoms with Crippen molar-refractivity contribution in [2.75, 3.05) is 11.9 Å². The second-order valence-electron chi connectivity index (χ2n) is 4.35. The van der Waals surface area contributed by atoms with E-state index in [2.05, 4.69) is 29.1 Å². The molecule has 96 valence electrons. The van der Waals surface area contributed by atoms with E-state index in [4.69, 9.17) is 10.5 Å². The molecule has 1 heterocycles. The largest absolute Gasteiger partial charge is 0.478 e. The average molecular weight is 238 g/mol. The summed E-state index contributed by atoms with van der Waals surface area (Å²) in [5.74, 6) is 1.39. The lowest BCUT2D eigenvalue weighted by Gasteiger charge is -2.16. The number of anilines is 1. The molecule has 2 atom stereocenters. The summed E-state index contributed by atoms with van der Waals surface area (Å²) in [6.45, 7) is 6.81. The number of nitrogens with zero attached hydrogens (tertiary/aromatic N) is 2. The Morgan fingerprint density at radius 3 is 2.82 bits per heavy atom. The second-order valence-corrected chi connectivity index (χ2v) is 4.35. The quantitative estimate of drug-likeness (QED) is 0.757. The first kappa shape index (κ1) is 13.7. The Kier molecular flexibility index (Phi) is 5.69. The van der Waals surface area contributed by atoms with Crippen molar-refractivity contribution in [1.29, 1.82) is 0 Å². The molecule has 0 aromatic carbocycles. The van der Waals surface area contributed by atoms with Crippen molar-refractivity contribution in [1.82, 2.24) is 9.97 Å². The molecule has 5 heteroatoms. The van der Waals surface area contributed by atoms with Crippen LogP contribution in [0.25, 0.3) is 0 Å². The van der Waals surface area contributed by atoms with E-state index in [1.807, 2.05) is 13.0 Å². The Bertz CT molecular complexity index is 330. The molecule has 0 aliphatic carbocycles. The minimum atomic E-state index is 0.176. The van der Waals surface area contributed by atoms with Gasteiger partial charge in [0.05, 0.1) is 6.61 Å². The van der Waals surface area contributed by atoms with Crippen LogP contribution in [-0.4, -0.2) is 28.7 Å². The lowest BCUT2D eigenvalue weighted by Crippen LogP contribution is -2.26. The highest BCUT2D eigenvalue weighted by Gasteiger charge is 2.06.